The second kappa shape index (κ2) is 9.08. The summed E-state index contributed by atoms with van der Waals surface area (Å²) < 4.78 is 54.1. The smallest absolute Gasteiger partial charge is 0.378 e. The van der Waals surface area contributed by atoms with Crippen LogP contribution >= 0.6 is 19.2 Å². The number of allylic oxidation sites excluding steroid dienone is 2. The van der Waals surface area contributed by atoms with Gasteiger partial charge in [0.2, 0.25) is 5.78 Å². The van der Waals surface area contributed by atoms with Crippen molar-refractivity contribution >= 4 is 25.0 Å². The Morgan fingerprint density at radius 1 is 1.30 bits per heavy atom. The molecule has 23 heavy (non-hydrogen) atoms. The van der Waals surface area contributed by atoms with Gasteiger partial charge in [-0.3, -0.25) is 9.36 Å². The van der Waals surface area contributed by atoms with Gasteiger partial charge in [0.1, 0.15) is 0 Å². The van der Waals surface area contributed by atoms with Crippen LogP contribution in [0.1, 0.15) is 13.8 Å². The molecule has 0 aliphatic carbocycles. The first-order valence-corrected chi connectivity index (χ1v) is 9.35. The Morgan fingerprint density at radius 3 is 2.26 bits per heavy atom. The second-order valence-electron chi connectivity index (χ2n) is 4.70. The highest BCUT2D eigenvalue weighted by Gasteiger charge is 2.36. The molecule has 0 amide bonds. The van der Waals surface area contributed by atoms with E-state index in [0.29, 0.717) is 32.4 Å². The Kier molecular flexibility index (Phi) is 8.10. The quantitative estimate of drug-likeness (QED) is 0.351. The van der Waals surface area contributed by atoms with Gasteiger partial charge in [-0.15, -0.1) is 0 Å². The van der Waals surface area contributed by atoms with Crippen molar-refractivity contribution in [3.05, 3.63) is 11.8 Å². The molecule has 1 aliphatic heterocycles. The highest BCUT2D eigenvalue weighted by Crippen LogP contribution is 2.50. The van der Waals surface area contributed by atoms with Gasteiger partial charge in [0.25, 0.3) is 0 Å². The van der Waals surface area contributed by atoms with E-state index in [1.807, 2.05) is 0 Å². The van der Waals surface area contributed by atoms with Gasteiger partial charge in [-0.05, 0) is 25.4 Å². The van der Waals surface area contributed by atoms with E-state index in [9.17, 15) is 18.1 Å². The Bertz CT molecular complexity index is 467. The fourth-order valence-electron chi connectivity index (χ4n) is 2.04. The van der Waals surface area contributed by atoms with Crippen molar-refractivity contribution in [2.45, 2.75) is 19.2 Å². The molecular formula is C13H21ClF2NO5P. The summed E-state index contributed by atoms with van der Waals surface area (Å²) in [5.74, 6) is -1.57. The molecular weight excluding hydrogens is 355 g/mol. The first-order chi connectivity index (χ1) is 10.7. The molecule has 0 radical (unpaired) electrons. The summed E-state index contributed by atoms with van der Waals surface area (Å²) >= 11 is 4.76. The van der Waals surface area contributed by atoms with Crippen molar-refractivity contribution < 1.29 is 31.9 Å². The van der Waals surface area contributed by atoms with Crippen molar-refractivity contribution in [3.8, 4) is 0 Å². The van der Waals surface area contributed by atoms with Crippen LogP contribution in [0, 0.1) is 0 Å². The van der Waals surface area contributed by atoms with E-state index in [-0.39, 0.29) is 25.1 Å². The van der Waals surface area contributed by atoms with Gasteiger partial charge in [0.05, 0.1) is 32.6 Å². The molecule has 1 saturated heterocycles. The van der Waals surface area contributed by atoms with Crippen LogP contribution in [0.3, 0.4) is 0 Å². The van der Waals surface area contributed by atoms with Crippen LogP contribution in [-0.2, 0) is 23.1 Å². The van der Waals surface area contributed by atoms with E-state index < -0.39 is 18.8 Å². The Morgan fingerprint density at radius 2 is 1.83 bits per heavy atom. The maximum Gasteiger partial charge on any atom is 0.384 e. The van der Waals surface area contributed by atoms with Crippen molar-refractivity contribution in [2.24, 2.45) is 0 Å². The average molecular weight is 376 g/mol. The number of alkyl halides is 3. The number of morpholine rings is 1. The summed E-state index contributed by atoms with van der Waals surface area (Å²) in [5, 5.41) is -4.02. The average Bonchev–Trinajstić information content (AvgIpc) is 2.47. The zero-order valence-corrected chi connectivity index (χ0v) is 14.7. The SMILES string of the molecule is CCOP(=O)(C/C(=C/C(=O)C(F)(F)Cl)N1CCOCC1)OCC. The Labute approximate surface area is 139 Å². The predicted octanol–water partition coefficient (Wildman–Crippen LogP) is 2.87. The standard InChI is InChI=1S/C13H21ClF2NO5P/c1-3-21-23(19,22-4-2)10-11(9-12(18)13(14,15)16)17-5-7-20-8-6-17/h9H,3-8,10H2,1-2H3/b11-9-. The van der Waals surface area contributed by atoms with Gasteiger partial charge in [-0.2, -0.15) is 8.78 Å². The fraction of sp³-hybridized carbons (Fsp3) is 0.769. The van der Waals surface area contributed by atoms with E-state index in [2.05, 4.69) is 0 Å². The third-order valence-electron chi connectivity index (χ3n) is 3.00. The molecule has 0 bridgehead atoms. The molecule has 0 N–H and O–H groups in total. The van der Waals surface area contributed by atoms with Crippen LogP contribution < -0.4 is 0 Å². The maximum atomic E-state index is 13.0. The van der Waals surface area contributed by atoms with Crippen LogP contribution in [0.4, 0.5) is 8.78 Å². The van der Waals surface area contributed by atoms with Crippen molar-refractivity contribution in [1.29, 1.82) is 0 Å². The number of halogens is 3. The first-order valence-electron chi connectivity index (χ1n) is 7.24. The number of ketones is 1. The molecule has 10 heteroatoms. The van der Waals surface area contributed by atoms with E-state index >= 15 is 0 Å². The minimum absolute atomic E-state index is 0.132. The number of carbonyl (C=O) groups excluding carboxylic acids is 1. The lowest BCUT2D eigenvalue weighted by Gasteiger charge is -2.32. The number of hydrogen-bond donors (Lipinski definition) is 0. The summed E-state index contributed by atoms with van der Waals surface area (Å²) in [4.78, 5) is 13.2. The molecule has 0 spiro atoms. The number of nitrogens with zero attached hydrogens (tertiary/aromatic N) is 1. The normalized spacial score (nSPS) is 17.4. The Hall–Kier alpha value is -0.530. The summed E-state index contributed by atoms with van der Waals surface area (Å²) in [6, 6.07) is 0. The number of hydrogen-bond acceptors (Lipinski definition) is 6. The van der Waals surface area contributed by atoms with E-state index in [0.717, 1.165) is 0 Å². The lowest BCUT2D eigenvalue weighted by Crippen LogP contribution is -2.37. The molecule has 6 nitrogen and oxygen atoms in total. The minimum atomic E-state index is -4.02. The molecule has 134 valence electrons. The van der Waals surface area contributed by atoms with Crippen LogP contribution in [0.5, 0.6) is 0 Å². The molecule has 0 aromatic heterocycles. The van der Waals surface area contributed by atoms with Gasteiger partial charge >= 0.3 is 13.0 Å². The fourth-order valence-corrected chi connectivity index (χ4v) is 3.83. The van der Waals surface area contributed by atoms with Crippen LogP contribution in [0.15, 0.2) is 11.8 Å². The number of carbonyl (C=O) groups is 1. The molecule has 1 aliphatic rings. The highest BCUT2D eigenvalue weighted by atomic mass is 35.5. The first kappa shape index (κ1) is 20.5. The molecule has 0 aromatic carbocycles. The zero-order chi connectivity index (χ0) is 17.5. The number of ether oxygens (including phenoxy) is 1. The van der Waals surface area contributed by atoms with E-state index in [1.54, 1.807) is 18.7 Å². The van der Waals surface area contributed by atoms with Crippen LogP contribution in [0.25, 0.3) is 0 Å². The van der Waals surface area contributed by atoms with Gasteiger partial charge in [0.15, 0.2) is 0 Å². The predicted molar refractivity (Wildman–Crippen MR) is 82.0 cm³/mol. The lowest BCUT2D eigenvalue weighted by molar-refractivity contribution is -0.128. The molecule has 1 fully saturated rings. The van der Waals surface area contributed by atoms with Gasteiger partial charge in [-0.25, -0.2) is 0 Å². The highest BCUT2D eigenvalue weighted by molar-refractivity contribution is 7.54. The lowest BCUT2D eigenvalue weighted by atomic mass is 10.2. The van der Waals surface area contributed by atoms with Gasteiger partial charge in [0, 0.05) is 24.9 Å². The third-order valence-corrected chi connectivity index (χ3v) is 5.20. The van der Waals surface area contributed by atoms with E-state index in [4.69, 9.17) is 25.4 Å². The number of rotatable bonds is 9. The van der Waals surface area contributed by atoms with Gasteiger partial charge < -0.3 is 18.7 Å². The summed E-state index contributed by atoms with van der Waals surface area (Å²) in [6.07, 6.45) is 0.427. The maximum absolute atomic E-state index is 13.0. The largest absolute Gasteiger partial charge is 0.384 e. The molecule has 1 heterocycles. The van der Waals surface area contributed by atoms with E-state index in [1.165, 1.54) is 0 Å². The summed E-state index contributed by atoms with van der Waals surface area (Å²) in [6.45, 7) is 5.05. The van der Waals surface area contributed by atoms with Crippen LogP contribution in [0.2, 0.25) is 0 Å². The van der Waals surface area contributed by atoms with Crippen molar-refractivity contribution in [2.75, 3.05) is 45.7 Å². The zero-order valence-electron chi connectivity index (χ0n) is 13.1. The summed E-state index contributed by atoms with van der Waals surface area (Å²) in [7, 11) is -3.54. The van der Waals surface area contributed by atoms with Gasteiger partial charge in [-0.1, -0.05) is 0 Å². The second-order valence-corrected chi connectivity index (χ2v) is 7.23. The van der Waals surface area contributed by atoms with Crippen molar-refractivity contribution in [1.82, 2.24) is 4.90 Å². The van der Waals surface area contributed by atoms with Crippen LogP contribution in [-0.4, -0.2) is 61.7 Å². The Balaban J connectivity index is 3.05. The molecule has 1 rings (SSSR count). The topological polar surface area (TPSA) is 65.1 Å². The minimum Gasteiger partial charge on any atom is -0.378 e. The monoisotopic (exact) mass is 375 g/mol. The summed E-state index contributed by atoms with van der Waals surface area (Å²) in [5.41, 5.74) is 0.142. The molecule has 0 saturated carbocycles. The van der Waals surface area contributed by atoms with Crippen molar-refractivity contribution in [3.63, 3.8) is 0 Å². The molecule has 0 unspecified atom stereocenters. The third kappa shape index (κ3) is 6.85. The molecule has 0 aromatic rings. The molecule has 0 atom stereocenters.